The summed E-state index contributed by atoms with van der Waals surface area (Å²) in [5.74, 6) is 0.767. The number of phenols is 1. The summed E-state index contributed by atoms with van der Waals surface area (Å²) in [5, 5.41) is 10.2. The Bertz CT molecular complexity index is 914. The average Bonchev–Trinajstić information content (AvgIpc) is 3.00. The average molecular weight is 288 g/mol. The van der Waals surface area contributed by atoms with Gasteiger partial charge < -0.3 is 10.1 Å². The van der Waals surface area contributed by atoms with E-state index in [2.05, 4.69) is 19.9 Å². The van der Waals surface area contributed by atoms with Crippen LogP contribution in [-0.2, 0) is 0 Å². The van der Waals surface area contributed by atoms with Crippen LogP contribution in [0.1, 0.15) is 0 Å². The van der Waals surface area contributed by atoms with Crippen LogP contribution in [0, 0.1) is 0 Å². The van der Waals surface area contributed by atoms with E-state index in [0.717, 1.165) is 16.6 Å². The maximum Gasteiger partial charge on any atom is 0.178 e. The second kappa shape index (κ2) is 4.96. The van der Waals surface area contributed by atoms with Crippen molar-refractivity contribution in [3.63, 3.8) is 0 Å². The van der Waals surface area contributed by atoms with Crippen molar-refractivity contribution in [3.05, 3.63) is 61.1 Å². The Balaban J connectivity index is 1.87. The van der Waals surface area contributed by atoms with Crippen molar-refractivity contribution in [1.29, 1.82) is 0 Å². The SMILES string of the molecule is Oc1ccc(-c2cccnc2)cc1-c1nc2ncccc2[nH]1. The zero-order valence-corrected chi connectivity index (χ0v) is 11.6. The van der Waals surface area contributed by atoms with E-state index >= 15 is 0 Å². The molecule has 0 spiro atoms. The normalized spacial score (nSPS) is 10.9. The number of nitrogens with one attached hydrogen (secondary N) is 1. The number of aromatic amines is 1. The van der Waals surface area contributed by atoms with Gasteiger partial charge in [0.1, 0.15) is 11.6 Å². The molecule has 0 aliphatic heterocycles. The van der Waals surface area contributed by atoms with Crippen LogP contribution < -0.4 is 0 Å². The third-order valence-electron chi connectivity index (χ3n) is 3.50. The number of aromatic hydroxyl groups is 1. The molecule has 2 N–H and O–H groups in total. The third-order valence-corrected chi connectivity index (χ3v) is 3.50. The van der Waals surface area contributed by atoms with Crippen LogP contribution in [0.15, 0.2) is 61.1 Å². The van der Waals surface area contributed by atoms with Crippen LogP contribution in [0.25, 0.3) is 33.7 Å². The van der Waals surface area contributed by atoms with Gasteiger partial charge in [-0.15, -0.1) is 0 Å². The predicted octanol–water partition coefficient (Wildman–Crippen LogP) is 3.39. The van der Waals surface area contributed by atoms with Gasteiger partial charge in [0.2, 0.25) is 0 Å². The van der Waals surface area contributed by atoms with Crippen molar-refractivity contribution >= 4 is 11.2 Å². The molecule has 4 aromatic rings. The lowest BCUT2D eigenvalue weighted by Gasteiger charge is -2.05. The van der Waals surface area contributed by atoms with Crippen molar-refractivity contribution < 1.29 is 5.11 Å². The largest absolute Gasteiger partial charge is 0.507 e. The van der Waals surface area contributed by atoms with E-state index in [1.807, 2.05) is 36.4 Å². The number of rotatable bonds is 2. The molecule has 22 heavy (non-hydrogen) atoms. The van der Waals surface area contributed by atoms with Crippen molar-refractivity contribution in [2.75, 3.05) is 0 Å². The number of fused-ring (bicyclic) bond motifs is 1. The molecule has 5 heteroatoms. The van der Waals surface area contributed by atoms with Crippen molar-refractivity contribution in [2.24, 2.45) is 0 Å². The number of pyridine rings is 2. The lowest BCUT2D eigenvalue weighted by atomic mass is 10.0. The molecule has 0 saturated carbocycles. The fourth-order valence-electron chi connectivity index (χ4n) is 2.41. The molecular weight excluding hydrogens is 276 g/mol. The molecular formula is C17H12N4O. The number of phenolic OH excluding ortho intramolecular Hbond substituents is 1. The molecule has 0 radical (unpaired) electrons. The van der Waals surface area contributed by atoms with Gasteiger partial charge in [-0.1, -0.05) is 12.1 Å². The zero-order valence-electron chi connectivity index (χ0n) is 11.6. The molecule has 0 aliphatic rings. The van der Waals surface area contributed by atoms with E-state index in [4.69, 9.17) is 0 Å². The molecule has 0 bridgehead atoms. The van der Waals surface area contributed by atoms with Gasteiger partial charge in [-0.25, -0.2) is 9.97 Å². The molecule has 5 nitrogen and oxygen atoms in total. The highest BCUT2D eigenvalue weighted by Gasteiger charge is 2.11. The first-order chi connectivity index (χ1) is 10.8. The number of benzene rings is 1. The summed E-state index contributed by atoms with van der Waals surface area (Å²) in [6.45, 7) is 0. The lowest BCUT2D eigenvalue weighted by molar-refractivity contribution is 0.477. The number of hydrogen-bond acceptors (Lipinski definition) is 4. The predicted molar refractivity (Wildman–Crippen MR) is 84.2 cm³/mol. The number of hydrogen-bond donors (Lipinski definition) is 2. The minimum Gasteiger partial charge on any atom is -0.507 e. The fourth-order valence-corrected chi connectivity index (χ4v) is 2.41. The third kappa shape index (κ3) is 2.09. The van der Waals surface area contributed by atoms with Crippen LogP contribution in [0.5, 0.6) is 5.75 Å². The van der Waals surface area contributed by atoms with Crippen LogP contribution in [0.4, 0.5) is 0 Å². The molecule has 0 saturated heterocycles. The number of H-pyrrole nitrogens is 1. The molecule has 4 rings (SSSR count). The molecule has 3 aromatic heterocycles. The second-order valence-corrected chi connectivity index (χ2v) is 4.93. The van der Waals surface area contributed by atoms with Gasteiger partial charge in [0, 0.05) is 24.2 Å². The standard InChI is InChI=1S/C17H12N4O/c22-15-6-5-11(12-3-1-7-18-10-12)9-13(15)16-20-14-4-2-8-19-17(14)21-16/h1-10,22H,(H,19,20,21). The Hall–Kier alpha value is -3.21. The maximum absolute atomic E-state index is 10.2. The molecule has 1 aromatic carbocycles. The minimum atomic E-state index is 0.173. The summed E-state index contributed by atoms with van der Waals surface area (Å²) in [6.07, 6.45) is 5.21. The first-order valence-electron chi connectivity index (χ1n) is 6.86. The Morgan fingerprint density at radius 1 is 0.955 bits per heavy atom. The van der Waals surface area contributed by atoms with Crippen LogP contribution >= 0.6 is 0 Å². The quantitative estimate of drug-likeness (QED) is 0.593. The molecule has 3 heterocycles. The van der Waals surface area contributed by atoms with Crippen LogP contribution in [0.3, 0.4) is 0 Å². The summed E-state index contributed by atoms with van der Waals surface area (Å²) < 4.78 is 0. The summed E-state index contributed by atoms with van der Waals surface area (Å²) in [5.41, 5.74) is 4.05. The van der Waals surface area contributed by atoms with E-state index in [1.54, 1.807) is 24.7 Å². The molecule has 0 fully saturated rings. The number of imidazole rings is 1. The molecule has 0 unspecified atom stereocenters. The highest BCUT2D eigenvalue weighted by Crippen LogP contribution is 2.32. The van der Waals surface area contributed by atoms with Gasteiger partial charge in [0.05, 0.1) is 11.1 Å². The summed E-state index contributed by atoms with van der Waals surface area (Å²) in [7, 11) is 0. The maximum atomic E-state index is 10.2. The highest BCUT2D eigenvalue weighted by molar-refractivity contribution is 5.80. The summed E-state index contributed by atoms with van der Waals surface area (Å²) >= 11 is 0. The van der Waals surface area contributed by atoms with Crippen molar-refractivity contribution in [1.82, 2.24) is 19.9 Å². The Labute approximate surface area is 126 Å². The fraction of sp³-hybridized carbons (Fsp3) is 0. The van der Waals surface area contributed by atoms with Crippen molar-refractivity contribution in [3.8, 4) is 28.3 Å². The summed E-state index contributed by atoms with van der Waals surface area (Å²) in [4.78, 5) is 15.9. The lowest BCUT2D eigenvalue weighted by Crippen LogP contribution is -1.85. The number of nitrogens with zero attached hydrogens (tertiary/aromatic N) is 3. The highest BCUT2D eigenvalue weighted by atomic mass is 16.3. The molecule has 0 atom stereocenters. The van der Waals surface area contributed by atoms with E-state index in [9.17, 15) is 5.11 Å². The van der Waals surface area contributed by atoms with Crippen molar-refractivity contribution in [2.45, 2.75) is 0 Å². The van der Waals surface area contributed by atoms with E-state index in [-0.39, 0.29) is 5.75 Å². The Kier molecular flexibility index (Phi) is 2.83. The molecule has 0 amide bonds. The Morgan fingerprint density at radius 3 is 2.68 bits per heavy atom. The first-order valence-corrected chi connectivity index (χ1v) is 6.86. The van der Waals surface area contributed by atoms with Crippen LogP contribution in [0.2, 0.25) is 0 Å². The van der Waals surface area contributed by atoms with E-state index in [0.29, 0.717) is 17.0 Å². The minimum absolute atomic E-state index is 0.173. The van der Waals surface area contributed by atoms with Crippen LogP contribution in [-0.4, -0.2) is 25.0 Å². The monoisotopic (exact) mass is 288 g/mol. The van der Waals surface area contributed by atoms with Gasteiger partial charge in [-0.05, 0) is 35.9 Å². The van der Waals surface area contributed by atoms with Gasteiger partial charge >= 0.3 is 0 Å². The number of aromatic nitrogens is 4. The Morgan fingerprint density at radius 2 is 1.86 bits per heavy atom. The van der Waals surface area contributed by atoms with Gasteiger partial charge in [-0.2, -0.15) is 0 Å². The second-order valence-electron chi connectivity index (χ2n) is 4.93. The molecule has 0 aliphatic carbocycles. The van der Waals surface area contributed by atoms with Gasteiger partial charge in [0.15, 0.2) is 5.65 Å². The van der Waals surface area contributed by atoms with Gasteiger partial charge in [0.25, 0.3) is 0 Å². The van der Waals surface area contributed by atoms with Gasteiger partial charge in [-0.3, -0.25) is 4.98 Å². The zero-order chi connectivity index (χ0) is 14.9. The molecule has 106 valence electrons. The topological polar surface area (TPSA) is 74.7 Å². The van der Waals surface area contributed by atoms with E-state index in [1.165, 1.54) is 0 Å². The summed E-state index contributed by atoms with van der Waals surface area (Å²) in [6, 6.07) is 13.0. The smallest absolute Gasteiger partial charge is 0.178 e. The first kappa shape index (κ1) is 12.5. The van der Waals surface area contributed by atoms with E-state index < -0.39 is 0 Å².